The molecule has 2 rings (SSSR count). The van der Waals surface area contributed by atoms with E-state index in [9.17, 15) is 18.0 Å². The Kier molecular flexibility index (Phi) is 3.61. The maximum absolute atomic E-state index is 12.0. The Bertz CT molecular complexity index is 607. The molecule has 1 heterocycles. The average molecular weight is 287 g/mol. The number of hydrazine groups is 1. The fraction of sp³-hybridized carbons (Fsp3) is 0.0909. The molecule has 0 spiro atoms. The van der Waals surface area contributed by atoms with E-state index in [4.69, 9.17) is 10.3 Å². The van der Waals surface area contributed by atoms with E-state index in [1.165, 1.54) is 18.3 Å². The third kappa shape index (κ3) is 3.26. The van der Waals surface area contributed by atoms with Crippen LogP contribution >= 0.6 is 0 Å². The van der Waals surface area contributed by atoms with E-state index in [0.29, 0.717) is 5.56 Å². The van der Waals surface area contributed by atoms with Crippen molar-refractivity contribution < 1.29 is 27.1 Å². The molecule has 20 heavy (non-hydrogen) atoms. The van der Waals surface area contributed by atoms with Crippen molar-refractivity contribution in [3.8, 4) is 17.1 Å². The Morgan fingerprint density at radius 2 is 1.95 bits per heavy atom. The van der Waals surface area contributed by atoms with Crippen molar-refractivity contribution in [2.45, 2.75) is 6.36 Å². The van der Waals surface area contributed by atoms with Crippen molar-refractivity contribution in [3.05, 3.63) is 36.4 Å². The number of rotatable bonds is 3. The number of carbonyl (C=O) groups is 1. The predicted octanol–water partition coefficient (Wildman–Crippen LogP) is 1.84. The fourth-order valence-electron chi connectivity index (χ4n) is 1.40. The molecule has 6 nitrogen and oxygen atoms in total. The number of nitrogens with zero attached hydrogens (tertiary/aromatic N) is 1. The van der Waals surface area contributed by atoms with Gasteiger partial charge in [-0.25, -0.2) is 10.8 Å². The number of benzene rings is 1. The third-order valence-electron chi connectivity index (χ3n) is 2.20. The molecule has 2 aromatic rings. The van der Waals surface area contributed by atoms with Gasteiger partial charge >= 0.3 is 12.3 Å². The number of nitrogen functional groups attached to an aromatic ring is 1. The lowest BCUT2D eigenvalue weighted by Crippen LogP contribution is -2.30. The quantitative estimate of drug-likeness (QED) is 0.510. The minimum absolute atomic E-state index is 0.210. The summed E-state index contributed by atoms with van der Waals surface area (Å²) in [5.74, 6) is 3.79. The molecule has 1 aromatic heterocycles. The van der Waals surface area contributed by atoms with Gasteiger partial charge in [-0.05, 0) is 24.3 Å². The van der Waals surface area contributed by atoms with Gasteiger partial charge in [-0.15, -0.1) is 13.2 Å². The summed E-state index contributed by atoms with van der Waals surface area (Å²) in [7, 11) is 0. The SMILES string of the molecule is NNC(=O)c1ncc(-c2ccc(OC(F)(F)F)cc2)o1. The molecule has 0 saturated carbocycles. The van der Waals surface area contributed by atoms with Gasteiger partial charge < -0.3 is 9.15 Å². The van der Waals surface area contributed by atoms with E-state index >= 15 is 0 Å². The molecule has 0 fully saturated rings. The van der Waals surface area contributed by atoms with Crippen LogP contribution in [0.15, 0.2) is 34.9 Å². The molecule has 0 radical (unpaired) electrons. The number of nitrogens with one attached hydrogen (secondary N) is 1. The van der Waals surface area contributed by atoms with Crippen molar-refractivity contribution in [3.63, 3.8) is 0 Å². The van der Waals surface area contributed by atoms with Crippen LogP contribution in [-0.4, -0.2) is 17.3 Å². The summed E-state index contributed by atoms with van der Waals surface area (Å²) < 4.78 is 44.8. The van der Waals surface area contributed by atoms with Crippen LogP contribution < -0.4 is 16.0 Å². The van der Waals surface area contributed by atoms with Crippen LogP contribution in [0.5, 0.6) is 5.75 Å². The molecule has 0 aliphatic heterocycles. The average Bonchev–Trinajstić information content (AvgIpc) is 2.86. The van der Waals surface area contributed by atoms with E-state index < -0.39 is 12.3 Å². The lowest BCUT2D eigenvalue weighted by atomic mass is 10.2. The van der Waals surface area contributed by atoms with Crippen molar-refractivity contribution in [2.24, 2.45) is 5.84 Å². The molecule has 0 unspecified atom stereocenters. The van der Waals surface area contributed by atoms with Crippen LogP contribution in [0.1, 0.15) is 10.7 Å². The van der Waals surface area contributed by atoms with Gasteiger partial charge in [0.2, 0.25) is 0 Å². The van der Waals surface area contributed by atoms with E-state index in [2.05, 4.69) is 9.72 Å². The molecule has 0 aliphatic rings. The van der Waals surface area contributed by atoms with Crippen LogP contribution in [0.2, 0.25) is 0 Å². The number of alkyl halides is 3. The first-order chi connectivity index (χ1) is 9.39. The Labute approximate surface area is 110 Å². The highest BCUT2D eigenvalue weighted by Crippen LogP contribution is 2.26. The second kappa shape index (κ2) is 5.21. The number of carbonyl (C=O) groups excluding carboxylic acids is 1. The minimum atomic E-state index is -4.75. The van der Waals surface area contributed by atoms with Gasteiger partial charge in [0.15, 0.2) is 5.76 Å². The normalized spacial score (nSPS) is 11.2. The highest BCUT2D eigenvalue weighted by atomic mass is 19.4. The van der Waals surface area contributed by atoms with Crippen LogP contribution in [-0.2, 0) is 0 Å². The maximum atomic E-state index is 12.0. The zero-order valence-corrected chi connectivity index (χ0v) is 9.77. The molecule has 1 aromatic carbocycles. The molecule has 0 atom stereocenters. The Hall–Kier alpha value is -2.55. The number of hydrogen-bond donors (Lipinski definition) is 2. The zero-order valence-electron chi connectivity index (χ0n) is 9.77. The van der Waals surface area contributed by atoms with Crippen LogP contribution in [0.3, 0.4) is 0 Å². The first kappa shape index (κ1) is 13.9. The standard InChI is InChI=1S/C11H8F3N3O3/c12-11(13,14)20-7-3-1-6(2-4-7)8-5-16-10(19-8)9(18)17-15/h1-5H,15H2,(H,17,18). The molecule has 106 valence electrons. The van der Waals surface area contributed by atoms with Gasteiger partial charge in [0.1, 0.15) is 5.75 Å². The Morgan fingerprint density at radius 3 is 2.50 bits per heavy atom. The number of aromatic nitrogens is 1. The Morgan fingerprint density at radius 1 is 1.30 bits per heavy atom. The molecule has 0 aliphatic carbocycles. The minimum Gasteiger partial charge on any atom is -0.432 e. The highest BCUT2D eigenvalue weighted by molar-refractivity contribution is 5.89. The maximum Gasteiger partial charge on any atom is 0.573 e. The summed E-state index contributed by atoms with van der Waals surface area (Å²) in [6.07, 6.45) is -3.50. The van der Waals surface area contributed by atoms with Crippen LogP contribution in [0.4, 0.5) is 13.2 Å². The molecule has 9 heteroatoms. The van der Waals surface area contributed by atoms with Crippen molar-refractivity contribution >= 4 is 5.91 Å². The second-order valence-corrected chi connectivity index (χ2v) is 3.58. The van der Waals surface area contributed by atoms with Gasteiger partial charge in [0.25, 0.3) is 5.89 Å². The summed E-state index contributed by atoms with van der Waals surface area (Å²) in [6.45, 7) is 0. The van der Waals surface area contributed by atoms with Gasteiger partial charge in [-0.3, -0.25) is 10.2 Å². The fourth-order valence-corrected chi connectivity index (χ4v) is 1.40. The largest absolute Gasteiger partial charge is 0.573 e. The number of halogens is 3. The first-order valence-corrected chi connectivity index (χ1v) is 5.22. The lowest BCUT2D eigenvalue weighted by Gasteiger charge is -2.08. The monoisotopic (exact) mass is 287 g/mol. The molecular formula is C11H8F3N3O3. The highest BCUT2D eigenvalue weighted by Gasteiger charge is 2.31. The number of oxazole rings is 1. The topological polar surface area (TPSA) is 90.4 Å². The first-order valence-electron chi connectivity index (χ1n) is 5.22. The third-order valence-corrected chi connectivity index (χ3v) is 2.20. The lowest BCUT2D eigenvalue weighted by molar-refractivity contribution is -0.274. The number of hydrogen-bond acceptors (Lipinski definition) is 5. The molecule has 0 saturated heterocycles. The smallest absolute Gasteiger partial charge is 0.432 e. The summed E-state index contributed by atoms with van der Waals surface area (Å²) in [5.41, 5.74) is 2.27. The number of ether oxygens (including phenoxy) is 1. The van der Waals surface area contributed by atoms with Gasteiger partial charge in [0, 0.05) is 5.56 Å². The predicted molar refractivity (Wildman–Crippen MR) is 60.3 cm³/mol. The van der Waals surface area contributed by atoms with Gasteiger partial charge in [-0.2, -0.15) is 0 Å². The van der Waals surface area contributed by atoms with E-state index in [-0.39, 0.29) is 17.4 Å². The van der Waals surface area contributed by atoms with Crippen LogP contribution in [0.25, 0.3) is 11.3 Å². The molecule has 0 bridgehead atoms. The second-order valence-electron chi connectivity index (χ2n) is 3.58. The summed E-state index contributed by atoms with van der Waals surface area (Å²) in [6, 6.07) is 4.92. The molecular weight excluding hydrogens is 279 g/mol. The Balaban J connectivity index is 2.18. The number of nitrogens with two attached hydrogens (primary N) is 1. The van der Waals surface area contributed by atoms with Crippen molar-refractivity contribution in [2.75, 3.05) is 0 Å². The zero-order chi connectivity index (χ0) is 14.8. The summed E-state index contributed by atoms with van der Waals surface area (Å²) in [4.78, 5) is 14.8. The van der Waals surface area contributed by atoms with Crippen LogP contribution in [0, 0.1) is 0 Å². The number of amides is 1. The van der Waals surface area contributed by atoms with Crippen molar-refractivity contribution in [1.82, 2.24) is 10.4 Å². The van der Waals surface area contributed by atoms with Crippen molar-refractivity contribution in [1.29, 1.82) is 0 Å². The molecule has 1 amide bonds. The van der Waals surface area contributed by atoms with Gasteiger partial charge in [0.05, 0.1) is 6.20 Å². The molecule has 3 N–H and O–H groups in total. The summed E-state index contributed by atoms with van der Waals surface area (Å²) in [5, 5.41) is 0. The van der Waals surface area contributed by atoms with E-state index in [1.807, 2.05) is 5.43 Å². The van der Waals surface area contributed by atoms with Gasteiger partial charge in [-0.1, -0.05) is 0 Å². The summed E-state index contributed by atoms with van der Waals surface area (Å²) >= 11 is 0. The van der Waals surface area contributed by atoms with E-state index in [1.54, 1.807) is 0 Å². The van der Waals surface area contributed by atoms with E-state index in [0.717, 1.165) is 12.1 Å².